The molecular weight excluding hydrogens is 322 g/mol. The third-order valence-electron chi connectivity index (χ3n) is 3.96. The van der Waals surface area contributed by atoms with Crippen molar-refractivity contribution in [3.8, 4) is 0 Å². The average molecular weight is 346 g/mol. The van der Waals surface area contributed by atoms with Crippen LogP contribution >= 0.6 is 15.9 Å². The van der Waals surface area contributed by atoms with Crippen molar-refractivity contribution < 1.29 is 0 Å². The highest BCUT2D eigenvalue weighted by molar-refractivity contribution is 9.10. The van der Waals surface area contributed by atoms with Gasteiger partial charge in [0.2, 0.25) is 0 Å². The molecule has 0 amide bonds. The summed E-state index contributed by atoms with van der Waals surface area (Å²) in [4.78, 5) is 0. The maximum absolute atomic E-state index is 3.64. The summed E-state index contributed by atoms with van der Waals surface area (Å²) in [6, 6.07) is 18.0. The second-order valence-corrected chi connectivity index (χ2v) is 6.74. The van der Waals surface area contributed by atoms with Gasteiger partial charge in [0.1, 0.15) is 0 Å². The van der Waals surface area contributed by atoms with Crippen LogP contribution < -0.4 is 5.32 Å². The number of benzene rings is 2. The van der Waals surface area contributed by atoms with Crippen LogP contribution in [-0.4, -0.2) is 13.1 Å². The van der Waals surface area contributed by atoms with Crippen molar-refractivity contribution in [1.82, 2.24) is 5.32 Å². The molecule has 0 bridgehead atoms. The molecule has 1 nitrogen and oxygen atoms in total. The van der Waals surface area contributed by atoms with Gasteiger partial charge in [0.25, 0.3) is 0 Å². The van der Waals surface area contributed by atoms with E-state index in [1.54, 1.807) is 0 Å². The summed E-state index contributed by atoms with van der Waals surface area (Å²) in [6.45, 7) is 4.47. The molecule has 21 heavy (non-hydrogen) atoms. The van der Waals surface area contributed by atoms with Gasteiger partial charge >= 0.3 is 0 Å². The van der Waals surface area contributed by atoms with Crippen LogP contribution in [0.5, 0.6) is 0 Å². The van der Waals surface area contributed by atoms with E-state index < -0.39 is 0 Å². The van der Waals surface area contributed by atoms with Gasteiger partial charge in [-0.25, -0.2) is 0 Å². The molecule has 2 heteroatoms. The van der Waals surface area contributed by atoms with Gasteiger partial charge in [-0.3, -0.25) is 0 Å². The number of rotatable bonds is 6. The molecule has 1 unspecified atom stereocenters. The summed E-state index contributed by atoms with van der Waals surface area (Å²) in [7, 11) is 2.05. The van der Waals surface area contributed by atoms with Gasteiger partial charge in [-0.15, -0.1) is 0 Å². The monoisotopic (exact) mass is 345 g/mol. The number of halogens is 1. The third-order valence-corrected chi connectivity index (χ3v) is 4.73. The molecule has 0 radical (unpaired) electrons. The van der Waals surface area contributed by atoms with Gasteiger partial charge < -0.3 is 5.32 Å². The molecule has 0 spiro atoms. The van der Waals surface area contributed by atoms with Crippen LogP contribution in [0.25, 0.3) is 0 Å². The zero-order chi connectivity index (χ0) is 15.2. The smallest absolute Gasteiger partial charge is 0.0207 e. The summed E-state index contributed by atoms with van der Waals surface area (Å²) >= 11 is 3.64. The first-order valence-electron chi connectivity index (χ1n) is 7.59. The van der Waals surface area contributed by atoms with E-state index in [1.165, 1.54) is 21.2 Å². The molecule has 2 aromatic rings. The fraction of sp³-hybridized carbons (Fsp3) is 0.368. The van der Waals surface area contributed by atoms with Crippen molar-refractivity contribution in [2.75, 3.05) is 7.05 Å². The second-order valence-electron chi connectivity index (χ2n) is 5.88. The normalized spacial score (nSPS) is 12.6. The van der Waals surface area contributed by atoms with Gasteiger partial charge in [-0.05, 0) is 48.6 Å². The minimum Gasteiger partial charge on any atom is -0.316 e. The minimum atomic E-state index is 0.452. The lowest BCUT2D eigenvalue weighted by molar-refractivity contribution is 0.555. The summed E-state index contributed by atoms with van der Waals surface area (Å²) in [5.41, 5.74) is 4.16. The lowest BCUT2D eigenvalue weighted by Crippen LogP contribution is -2.30. The quantitative estimate of drug-likeness (QED) is 0.781. The Morgan fingerprint density at radius 1 is 0.952 bits per heavy atom. The fourth-order valence-corrected chi connectivity index (χ4v) is 2.98. The molecule has 2 rings (SSSR count). The Morgan fingerprint density at radius 2 is 1.62 bits per heavy atom. The lowest BCUT2D eigenvalue weighted by atomic mass is 9.96. The maximum Gasteiger partial charge on any atom is 0.0207 e. The Hall–Kier alpha value is -1.12. The van der Waals surface area contributed by atoms with Crippen LogP contribution in [0.3, 0.4) is 0 Å². The first kappa shape index (κ1) is 16.3. The topological polar surface area (TPSA) is 12.0 Å². The molecule has 0 aliphatic heterocycles. The van der Waals surface area contributed by atoms with Crippen LogP contribution in [0.1, 0.15) is 36.5 Å². The van der Waals surface area contributed by atoms with Crippen LogP contribution in [0, 0.1) is 0 Å². The van der Waals surface area contributed by atoms with Crippen molar-refractivity contribution in [2.24, 2.45) is 0 Å². The van der Waals surface area contributed by atoms with E-state index in [-0.39, 0.29) is 0 Å². The van der Waals surface area contributed by atoms with Crippen LogP contribution in [0.15, 0.2) is 53.0 Å². The molecule has 0 aliphatic carbocycles. The number of hydrogen-bond donors (Lipinski definition) is 1. The van der Waals surface area contributed by atoms with E-state index in [1.807, 2.05) is 7.05 Å². The van der Waals surface area contributed by atoms with Crippen molar-refractivity contribution in [3.05, 3.63) is 69.7 Å². The largest absolute Gasteiger partial charge is 0.316 e. The van der Waals surface area contributed by atoms with Gasteiger partial charge in [-0.1, -0.05) is 72.2 Å². The fourth-order valence-electron chi connectivity index (χ4n) is 2.53. The minimum absolute atomic E-state index is 0.452. The summed E-state index contributed by atoms with van der Waals surface area (Å²) in [5.74, 6) is 0.597. The van der Waals surface area contributed by atoms with Crippen molar-refractivity contribution in [3.63, 3.8) is 0 Å². The Bertz CT molecular complexity index is 560. The van der Waals surface area contributed by atoms with E-state index in [4.69, 9.17) is 0 Å². The highest BCUT2D eigenvalue weighted by Crippen LogP contribution is 2.20. The Labute approximate surface area is 136 Å². The SMILES string of the molecule is CNC(Cc1ccc(C(C)C)cc1)Cc1ccccc1Br. The maximum atomic E-state index is 3.64. The summed E-state index contributed by atoms with van der Waals surface area (Å²) < 4.78 is 1.19. The lowest BCUT2D eigenvalue weighted by Gasteiger charge is -2.18. The highest BCUT2D eigenvalue weighted by atomic mass is 79.9. The molecule has 2 aromatic carbocycles. The molecule has 0 fully saturated rings. The molecule has 1 atom stereocenters. The van der Waals surface area contributed by atoms with Gasteiger partial charge in [0.05, 0.1) is 0 Å². The molecule has 0 saturated carbocycles. The molecule has 1 N–H and O–H groups in total. The molecule has 0 aliphatic rings. The Balaban J connectivity index is 2.03. The van der Waals surface area contributed by atoms with Crippen molar-refractivity contribution in [2.45, 2.75) is 38.6 Å². The number of hydrogen-bond acceptors (Lipinski definition) is 1. The molecular formula is C19H24BrN. The van der Waals surface area contributed by atoms with Crippen molar-refractivity contribution in [1.29, 1.82) is 0 Å². The van der Waals surface area contributed by atoms with E-state index in [2.05, 4.69) is 83.6 Å². The van der Waals surface area contributed by atoms with Crippen molar-refractivity contribution >= 4 is 15.9 Å². The van der Waals surface area contributed by atoms with Crippen LogP contribution in [0.2, 0.25) is 0 Å². The van der Waals surface area contributed by atoms with E-state index >= 15 is 0 Å². The zero-order valence-corrected chi connectivity index (χ0v) is 14.7. The van der Waals surface area contributed by atoms with Crippen LogP contribution in [0.4, 0.5) is 0 Å². The van der Waals surface area contributed by atoms with E-state index in [0.717, 1.165) is 12.8 Å². The molecule has 0 aromatic heterocycles. The predicted octanol–water partition coefficient (Wildman–Crippen LogP) is 4.95. The first-order chi connectivity index (χ1) is 10.1. The summed E-state index contributed by atoms with van der Waals surface area (Å²) in [5, 5.41) is 3.44. The van der Waals surface area contributed by atoms with E-state index in [9.17, 15) is 0 Å². The van der Waals surface area contributed by atoms with Gasteiger partial charge in [0.15, 0.2) is 0 Å². The standard InChI is InChI=1S/C19H24BrN/c1-14(2)16-10-8-15(9-11-16)12-18(21-3)13-17-6-4-5-7-19(17)20/h4-11,14,18,21H,12-13H2,1-3H3. The van der Waals surface area contributed by atoms with Gasteiger partial charge in [-0.2, -0.15) is 0 Å². The Kier molecular flexibility index (Phi) is 6.01. The average Bonchev–Trinajstić information content (AvgIpc) is 2.49. The third kappa shape index (κ3) is 4.69. The van der Waals surface area contributed by atoms with E-state index in [0.29, 0.717) is 12.0 Å². The molecule has 0 saturated heterocycles. The molecule has 0 heterocycles. The van der Waals surface area contributed by atoms with Gasteiger partial charge in [0, 0.05) is 10.5 Å². The Morgan fingerprint density at radius 3 is 2.19 bits per heavy atom. The second kappa shape index (κ2) is 7.77. The first-order valence-corrected chi connectivity index (χ1v) is 8.39. The zero-order valence-electron chi connectivity index (χ0n) is 13.1. The highest BCUT2D eigenvalue weighted by Gasteiger charge is 2.10. The molecule has 112 valence electrons. The number of likely N-dealkylation sites (N-methyl/N-ethyl adjacent to an activating group) is 1. The predicted molar refractivity (Wildman–Crippen MR) is 94.9 cm³/mol. The number of nitrogens with one attached hydrogen (secondary N) is 1. The summed E-state index contributed by atoms with van der Waals surface area (Å²) in [6.07, 6.45) is 2.08. The van der Waals surface area contributed by atoms with Crippen LogP contribution in [-0.2, 0) is 12.8 Å².